The Hall–Kier alpha value is -2.84. The number of nitrogens with zero attached hydrogens (tertiary/aromatic N) is 3. The maximum Gasteiger partial charge on any atom is 0.272 e. The van der Waals surface area contributed by atoms with E-state index < -0.39 is 10.8 Å². The number of rotatable bonds is 4. The number of aryl methyl sites for hydroxylation is 1. The van der Waals surface area contributed by atoms with Crippen molar-refractivity contribution in [3.05, 3.63) is 68.7 Å². The molecule has 0 unspecified atom stereocenters. The van der Waals surface area contributed by atoms with E-state index >= 15 is 0 Å². The van der Waals surface area contributed by atoms with Crippen LogP contribution >= 0.6 is 22.9 Å². The summed E-state index contributed by atoms with van der Waals surface area (Å²) >= 11 is 7.07. The van der Waals surface area contributed by atoms with E-state index in [2.05, 4.69) is 15.5 Å². The lowest BCUT2D eigenvalue weighted by Crippen LogP contribution is -2.12. The summed E-state index contributed by atoms with van der Waals surface area (Å²) < 4.78 is 0. The van der Waals surface area contributed by atoms with Crippen LogP contribution in [0.2, 0.25) is 5.02 Å². The molecule has 0 spiro atoms. The molecule has 0 aliphatic rings. The van der Waals surface area contributed by atoms with E-state index in [1.54, 1.807) is 19.1 Å². The number of nitrogens with one attached hydrogen (secondary N) is 1. The van der Waals surface area contributed by atoms with E-state index in [0.717, 1.165) is 5.56 Å². The van der Waals surface area contributed by atoms with Gasteiger partial charge in [0.2, 0.25) is 5.13 Å². The van der Waals surface area contributed by atoms with E-state index in [4.69, 9.17) is 11.6 Å². The van der Waals surface area contributed by atoms with E-state index in [0.29, 0.717) is 26.3 Å². The summed E-state index contributed by atoms with van der Waals surface area (Å²) in [6.07, 6.45) is 0. The number of nitro groups is 1. The molecule has 0 radical (unpaired) electrons. The summed E-state index contributed by atoms with van der Waals surface area (Å²) in [4.78, 5) is 22.6. The van der Waals surface area contributed by atoms with Gasteiger partial charge in [0.05, 0.1) is 4.92 Å². The highest BCUT2D eigenvalue weighted by Gasteiger charge is 2.15. The van der Waals surface area contributed by atoms with Crippen LogP contribution in [0.3, 0.4) is 0 Å². The van der Waals surface area contributed by atoms with Crippen LogP contribution in [0.4, 0.5) is 10.8 Å². The van der Waals surface area contributed by atoms with Gasteiger partial charge in [-0.25, -0.2) is 0 Å². The summed E-state index contributed by atoms with van der Waals surface area (Å²) in [7, 11) is 0. The monoisotopic (exact) mass is 374 g/mol. The first kappa shape index (κ1) is 17.0. The van der Waals surface area contributed by atoms with Crippen LogP contribution in [0.15, 0.2) is 42.5 Å². The van der Waals surface area contributed by atoms with Gasteiger partial charge in [0, 0.05) is 27.8 Å². The van der Waals surface area contributed by atoms with Gasteiger partial charge < -0.3 is 0 Å². The molecule has 0 saturated heterocycles. The van der Waals surface area contributed by atoms with E-state index in [-0.39, 0.29) is 5.69 Å². The summed E-state index contributed by atoms with van der Waals surface area (Å²) in [5.41, 5.74) is 1.54. The molecule has 0 aliphatic carbocycles. The molecule has 0 atom stereocenters. The predicted molar refractivity (Wildman–Crippen MR) is 96.1 cm³/mol. The lowest BCUT2D eigenvalue weighted by molar-refractivity contribution is -0.385. The van der Waals surface area contributed by atoms with Crippen LogP contribution in [0, 0.1) is 17.0 Å². The first-order chi connectivity index (χ1) is 11.9. The van der Waals surface area contributed by atoms with Gasteiger partial charge in [0.1, 0.15) is 5.01 Å². The van der Waals surface area contributed by atoms with Gasteiger partial charge >= 0.3 is 0 Å². The Morgan fingerprint density at radius 2 is 1.92 bits per heavy atom. The molecule has 7 nitrogen and oxygen atoms in total. The molecule has 0 saturated carbocycles. The molecule has 3 aromatic rings. The molecule has 1 amide bonds. The third-order valence-electron chi connectivity index (χ3n) is 3.39. The van der Waals surface area contributed by atoms with Gasteiger partial charge in [-0.2, -0.15) is 0 Å². The van der Waals surface area contributed by atoms with Crippen LogP contribution in [-0.2, 0) is 0 Å². The zero-order valence-corrected chi connectivity index (χ0v) is 14.5. The molecule has 1 heterocycles. The molecular formula is C16H11ClN4O3S. The number of carbonyl (C=O) groups excluding carboxylic acids is 1. The average Bonchev–Trinajstić information content (AvgIpc) is 3.03. The van der Waals surface area contributed by atoms with Crippen LogP contribution in [0.25, 0.3) is 10.6 Å². The Kier molecular flexibility index (Phi) is 4.73. The van der Waals surface area contributed by atoms with Crippen molar-refractivity contribution in [3.63, 3.8) is 0 Å². The van der Waals surface area contributed by atoms with Crippen molar-refractivity contribution in [2.75, 3.05) is 5.32 Å². The van der Waals surface area contributed by atoms with Gasteiger partial charge in [0.25, 0.3) is 11.6 Å². The van der Waals surface area contributed by atoms with Crippen LogP contribution in [0.5, 0.6) is 0 Å². The summed E-state index contributed by atoms with van der Waals surface area (Å²) in [6, 6.07) is 11.3. The fraction of sp³-hybridized carbons (Fsp3) is 0.0625. The number of benzene rings is 2. The number of anilines is 1. The quantitative estimate of drug-likeness (QED) is 0.541. The zero-order chi connectivity index (χ0) is 18.0. The molecule has 25 heavy (non-hydrogen) atoms. The van der Waals surface area contributed by atoms with Crippen LogP contribution in [0.1, 0.15) is 15.9 Å². The highest BCUT2D eigenvalue weighted by molar-refractivity contribution is 7.18. The second-order valence-electron chi connectivity index (χ2n) is 5.13. The predicted octanol–water partition coefficient (Wildman–Crippen LogP) is 4.33. The molecule has 1 aromatic heterocycles. The fourth-order valence-electron chi connectivity index (χ4n) is 2.15. The third kappa shape index (κ3) is 3.81. The second kappa shape index (κ2) is 6.96. The van der Waals surface area contributed by atoms with Crippen molar-refractivity contribution in [2.45, 2.75) is 6.92 Å². The van der Waals surface area contributed by atoms with Gasteiger partial charge in [-0.15, -0.1) is 10.2 Å². The highest BCUT2D eigenvalue weighted by Crippen LogP contribution is 2.28. The molecule has 3 rings (SSSR count). The van der Waals surface area contributed by atoms with E-state index in [9.17, 15) is 14.9 Å². The third-order valence-corrected chi connectivity index (χ3v) is 4.53. The average molecular weight is 375 g/mol. The molecule has 2 aromatic carbocycles. The summed E-state index contributed by atoms with van der Waals surface area (Å²) in [5.74, 6) is -0.406. The van der Waals surface area contributed by atoms with Crippen LogP contribution < -0.4 is 5.32 Å². The first-order valence-corrected chi connectivity index (χ1v) is 8.29. The number of carbonyl (C=O) groups is 1. The molecule has 0 bridgehead atoms. The fourth-order valence-corrected chi connectivity index (χ4v) is 3.02. The van der Waals surface area contributed by atoms with Gasteiger partial charge in [-0.3, -0.25) is 20.2 Å². The maximum absolute atomic E-state index is 12.3. The minimum Gasteiger partial charge on any atom is -0.296 e. The van der Waals surface area contributed by atoms with Crippen molar-refractivity contribution >= 4 is 39.7 Å². The molecule has 1 N–H and O–H groups in total. The van der Waals surface area contributed by atoms with E-state index in [1.165, 1.54) is 29.5 Å². The van der Waals surface area contributed by atoms with Gasteiger partial charge in [0.15, 0.2) is 0 Å². The SMILES string of the molecule is Cc1cc(C(=O)Nc2nnc(-c3ccc(Cl)cc3)s2)ccc1[N+](=O)[O-]. The summed E-state index contributed by atoms with van der Waals surface area (Å²) in [6.45, 7) is 1.58. The Balaban J connectivity index is 1.76. The van der Waals surface area contributed by atoms with Gasteiger partial charge in [-0.05, 0) is 31.2 Å². The normalized spacial score (nSPS) is 10.5. The largest absolute Gasteiger partial charge is 0.296 e. The van der Waals surface area contributed by atoms with Crippen LogP contribution in [-0.4, -0.2) is 21.0 Å². The minimum atomic E-state index is -0.486. The van der Waals surface area contributed by atoms with Crippen molar-refractivity contribution < 1.29 is 9.72 Å². The lowest BCUT2D eigenvalue weighted by Gasteiger charge is -2.03. The first-order valence-electron chi connectivity index (χ1n) is 7.10. The van der Waals surface area contributed by atoms with E-state index in [1.807, 2.05) is 12.1 Å². The lowest BCUT2D eigenvalue weighted by atomic mass is 10.1. The molecule has 9 heteroatoms. The van der Waals surface area contributed by atoms with Crippen molar-refractivity contribution in [1.82, 2.24) is 10.2 Å². The Morgan fingerprint density at radius 3 is 2.56 bits per heavy atom. The maximum atomic E-state index is 12.3. The molecular weight excluding hydrogens is 364 g/mol. The topological polar surface area (TPSA) is 98.0 Å². The van der Waals surface area contributed by atoms with Crippen molar-refractivity contribution in [3.8, 4) is 10.6 Å². The van der Waals surface area contributed by atoms with Crippen molar-refractivity contribution in [2.24, 2.45) is 0 Å². The second-order valence-corrected chi connectivity index (χ2v) is 6.55. The smallest absolute Gasteiger partial charge is 0.272 e. The number of hydrogen-bond acceptors (Lipinski definition) is 6. The minimum absolute atomic E-state index is 0.0301. The number of nitro benzene ring substituents is 1. The number of hydrogen-bond donors (Lipinski definition) is 1. The van der Waals surface area contributed by atoms with Crippen molar-refractivity contribution in [1.29, 1.82) is 0 Å². The Labute approximate surface area is 151 Å². The molecule has 0 fully saturated rings. The highest BCUT2D eigenvalue weighted by atomic mass is 35.5. The standard InChI is InChI=1S/C16H11ClN4O3S/c1-9-8-11(4-7-13(9)21(23)24)14(22)18-16-20-19-15(25-16)10-2-5-12(17)6-3-10/h2-8H,1H3,(H,18,20,22). The van der Waals surface area contributed by atoms with Gasteiger partial charge in [-0.1, -0.05) is 35.1 Å². The molecule has 126 valence electrons. The number of amides is 1. The molecule has 0 aliphatic heterocycles. The number of aromatic nitrogens is 2. The zero-order valence-electron chi connectivity index (χ0n) is 12.9. The Bertz CT molecular complexity index is 956. The summed E-state index contributed by atoms with van der Waals surface area (Å²) in [5, 5.41) is 23.1. The number of halogens is 1. The Morgan fingerprint density at radius 1 is 1.20 bits per heavy atom.